The fraction of sp³-hybridized carbons (Fsp3) is 0.240. The van der Waals surface area contributed by atoms with E-state index in [1.54, 1.807) is 0 Å². The smallest absolute Gasteiger partial charge is 0.141 e. The number of ether oxygens (including phenoxy) is 1. The fourth-order valence-electron chi connectivity index (χ4n) is 3.51. The highest BCUT2D eigenvalue weighted by atomic mass is 35.5. The van der Waals surface area contributed by atoms with Crippen molar-refractivity contribution in [3.8, 4) is 17.1 Å². The molecule has 4 rings (SSSR count). The number of rotatable bonds is 7. The van der Waals surface area contributed by atoms with Crippen LogP contribution in [0.4, 0.5) is 0 Å². The van der Waals surface area contributed by atoms with Gasteiger partial charge in [0.05, 0.1) is 17.6 Å². The lowest BCUT2D eigenvalue weighted by atomic mass is 10.0. The van der Waals surface area contributed by atoms with Gasteiger partial charge < -0.3 is 9.30 Å². The molecule has 1 aromatic heterocycles. The van der Waals surface area contributed by atoms with E-state index in [1.165, 1.54) is 5.56 Å². The van der Waals surface area contributed by atoms with Gasteiger partial charge in [-0.1, -0.05) is 61.8 Å². The molecule has 0 amide bonds. The second-order valence-corrected chi connectivity index (χ2v) is 7.95. The van der Waals surface area contributed by atoms with Crippen LogP contribution < -0.4 is 4.74 Å². The quantitative estimate of drug-likeness (QED) is 0.311. The van der Waals surface area contributed by atoms with Crippen LogP contribution in [0.25, 0.3) is 22.4 Å². The summed E-state index contributed by atoms with van der Waals surface area (Å²) in [5, 5.41) is 0.717. The van der Waals surface area contributed by atoms with Crippen LogP contribution in [-0.2, 0) is 6.54 Å². The van der Waals surface area contributed by atoms with E-state index in [1.807, 2.05) is 30.3 Å². The third kappa shape index (κ3) is 4.46. The second-order valence-electron chi connectivity index (χ2n) is 7.51. The minimum atomic E-state index is 0.531. The molecule has 1 heterocycles. The molecule has 4 aromatic rings. The number of aryl methyl sites for hydroxylation is 1. The van der Waals surface area contributed by atoms with Crippen molar-refractivity contribution in [2.24, 2.45) is 0 Å². The van der Waals surface area contributed by atoms with E-state index in [4.69, 9.17) is 21.3 Å². The summed E-state index contributed by atoms with van der Waals surface area (Å²) in [7, 11) is 0. The van der Waals surface area contributed by atoms with E-state index in [2.05, 4.69) is 60.9 Å². The molecular formula is C25H25ClN2O. The Labute approximate surface area is 176 Å². The number of halogens is 1. The second kappa shape index (κ2) is 8.71. The Kier molecular flexibility index (Phi) is 5.86. The van der Waals surface area contributed by atoms with Crippen molar-refractivity contribution in [3.05, 3.63) is 83.4 Å². The molecule has 0 saturated heterocycles. The van der Waals surface area contributed by atoms with Crippen molar-refractivity contribution in [1.29, 1.82) is 0 Å². The summed E-state index contributed by atoms with van der Waals surface area (Å²) < 4.78 is 8.22. The molecule has 0 fully saturated rings. The average Bonchev–Trinajstić information content (AvgIpc) is 3.10. The maximum Gasteiger partial charge on any atom is 0.141 e. The lowest BCUT2D eigenvalue weighted by Crippen LogP contribution is -2.06. The normalized spacial score (nSPS) is 11.3. The van der Waals surface area contributed by atoms with E-state index in [-0.39, 0.29) is 0 Å². The Morgan fingerprint density at radius 3 is 2.52 bits per heavy atom. The Morgan fingerprint density at radius 1 is 0.966 bits per heavy atom. The van der Waals surface area contributed by atoms with Gasteiger partial charge in [0.25, 0.3) is 0 Å². The zero-order valence-corrected chi connectivity index (χ0v) is 17.6. The van der Waals surface area contributed by atoms with E-state index in [0.717, 1.165) is 41.1 Å². The topological polar surface area (TPSA) is 27.1 Å². The Bertz CT molecular complexity index is 1100. The maximum atomic E-state index is 6.21. The Balaban J connectivity index is 1.49. The first-order valence-electron chi connectivity index (χ1n) is 10.1. The fourth-order valence-corrected chi connectivity index (χ4v) is 3.70. The first kappa shape index (κ1) is 19.5. The summed E-state index contributed by atoms with van der Waals surface area (Å²) >= 11 is 6.21. The molecule has 0 aliphatic carbocycles. The summed E-state index contributed by atoms with van der Waals surface area (Å²) in [5.41, 5.74) is 4.48. The average molecular weight is 405 g/mol. The maximum absolute atomic E-state index is 6.21. The van der Waals surface area contributed by atoms with Crippen LogP contribution in [0.2, 0.25) is 5.02 Å². The summed E-state index contributed by atoms with van der Waals surface area (Å²) in [4.78, 5) is 4.85. The number of nitrogens with zero attached hydrogens (tertiary/aromatic N) is 2. The van der Waals surface area contributed by atoms with Crippen molar-refractivity contribution >= 4 is 22.6 Å². The van der Waals surface area contributed by atoms with E-state index < -0.39 is 0 Å². The molecule has 0 saturated carbocycles. The van der Waals surface area contributed by atoms with Crippen molar-refractivity contribution in [2.75, 3.05) is 6.61 Å². The summed E-state index contributed by atoms with van der Waals surface area (Å²) in [6, 6.07) is 24.5. The van der Waals surface area contributed by atoms with Crippen LogP contribution >= 0.6 is 11.6 Å². The molecule has 29 heavy (non-hydrogen) atoms. The molecular weight excluding hydrogens is 380 g/mol. The predicted molar refractivity (Wildman–Crippen MR) is 121 cm³/mol. The molecule has 0 N–H and O–H groups in total. The Morgan fingerprint density at radius 2 is 1.76 bits per heavy atom. The molecule has 0 aliphatic heterocycles. The van der Waals surface area contributed by atoms with Gasteiger partial charge in [0.15, 0.2) is 0 Å². The van der Waals surface area contributed by atoms with E-state index in [9.17, 15) is 0 Å². The number of para-hydroxylation sites is 2. The lowest BCUT2D eigenvalue weighted by molar-refractivity contribution is 0.303. The zero-order valence-electron chi connectivity index (χ0n) is 16.8. The molecule has 148 valence electrons. The third-order valence-corrected chi connectivity index (χ3v) is 5.31. The van der Waals surface area contributed by atoms with Crippen molar-refractivity contribution in [1.82, 2.24) is 9.55 Å². The SMILES string of the molecule is CC(C)c1ccc(OCCCn2c(-c3cccc(Cl)c3)nc3ccccc32)cc1. The van der Waals surface area contributed by atoms with Gasteiger partial charge >= 0.3 is 0 Å². The zero-order chi connectivity index (χ0) is 20.2. The van der Waals surface area contributed by atoms with Crippen LogP contribution in [0.1, 0.15) is 31.7 Å². The minimum Gasteiger partial charge on any atom is -0.494 e. The molecule has 0 spiro atoms. The first-order valence-corrected chi connectivity index (χ1v) is 10.4. The number of benzene rings is 3. The molecule has 0 bridgehead atoms. The Hall–Kier alpha value is -2.78. The van der Waals surface area contributed by atoms with Crippen molar-refractivity contribution < 1.29 is 4.74 Å². The molecule has 4 heteroatoms. The van der Waals surface area contributed by atoms with Gasteiger partial charge in [0.1, 0.15) is 11.6 Å². The highest BCUT2D eigenvalue weighted by molar-refractivity contribution is 6.30. The third-order valence-electron chi connectivity index (χ3n) is 5.08. The highest BCUT2D eigenvalue weighted by Gasteiger charge is 2.12. The monoisotopic (exact) mass is 404 g/mol. The number of hydrogen-bond acceptors (Lipinski definition) is 2. The molecule has 0 aliphatic rings. The van der Waals surface area contributed by atoms with Crippen molar-refractivity contribution in [3.63, 3.8) is 0 Å². The summed E-state index contributed by atoms with van der Waals surface area (Å²) in [5.74, 6) is 2.39. The molecule has 0 atom stereocenters. The summed E-state index contributed by atoms with van der Waals surface area (Å²) in [6.45, 7) is 5.88. The van der Waals surface area contributed by atoms with E-state index in [0.29, 0.717) is 17.5 Å². The standard InChI is InChI=1S/C25H25ClN2O/c1-18(2)19-11-13-22(14-12-19)29-16-6-15-28-24-10-4-3-9-23(24)27-25(28)20-7-5-8-21(26)17-20/h3-5,7-14,17-18H,6,15-16H2,1-2H3. The van der Waals surface area contributed by atoms with Crippen LogP contribution in [-0.4, -0.2) is 16.2 Å². The molecule has 3 aromatic carbocycles. The highest BCUT2D eigenvalue weighted by Crippen LogP contribution is 2.27. The number of imidazole rings is 1. The number of hydrogen-bond donors (Lipinski definition) is 0. The van der Waals surface area contributed by atoms with Gasteiger partial charge in [-0.05, 0) is 54.3 Å². The van der Waals surface area contributed by atoms with E-state index >= 15 is 0 Å². The van der Waals surface area contributed by atoms with Gasteiger partial charge in [0.2, 0.25) is 0 Å². The number of fused-ring (bicyclic) bond motifs is 1. The van der Waals surface area contributed by atoms with Crippen LogP contribution in [0.3, 0.4) is 0 Å². The summed E-state index contributed by atoms with van der Waals surface area (Å²) in [6.07, 6.45) is 0.889. The van der Waals surface area contributed by atoms with Crippen LogP contribution in [0.15, 0.2) is 72.8 Å². The lowest BCUT2D eigenvalue weighted by Gasteiger charge is -2.11. The van der Waals surface area contributed by atoms with Gasteiger partial charge in [-0.25, -0.2) is 4.98 Å². The molecule has 0 radical (unpaired) electrons. The largest absolute Gasteiger partial charge is 0.494 e. The van der Waals surface area contributed by atoms with Crippen molar-refractivity contribution in [2.45, 2.75) is 32.7 Å². The molecule has 0 unspecified atom stereocenters. The predicted octanol–water partition coefficient (Wildman–Crippen LogP) is 6.95. The molecule has 3 nitrogen and oxygen atoms in total. The number of aromatic nitrogens is 2. The van der Waals surface area contributed by atoms with Crippen LogP contribution in [0.5, 0.6) is 5.75 Å². The van der Waals surface area contributed by atoms with Gasteiger partial charge in [-0.3, -0.25) is 0 Å². The van der Waals surface area contributed by atoms with Gasteiger partial charge in [-0.2, -0.15) is 0 Å². The minimum absolute atomic E-state index is 0.531. The first-order chi connectivity index (χ1) is 14.1. The van der Waals surface area contributed by atoms with Gasteiger partial charge in [0, 0.05) is 17.1 Å². The van der Waals surface area contributed by atoms with Crippen LogP contribution in [0, 0.1) is 0 Å². The van der Waals surface area contributed by atoms with Gasteiger partial charge in [-0.15, -0.1) is 0 Å².